The zero-order chi connectivity index (χ0) is 20.6. The Labute approximate surface area is 173 Å². The average Bonchev–Trinajstić information content (AvgIpc) is 2.69. The van der Waals surface area contributed by atoms with Crippen molar-refractivity contribution in [3.8, 4) is 5.75 Å². The van der Waals surface area contributed by atoms with Crippen LogP contribution in [0.3, 0.4) is 0 Å². The summed E-state index contributed by atoms with van der Waals surface area (Å²) in [5.74, 6) is 1.62. The summed E-state index contributed by atoms with van der Waals surface area (Å²) in [5.41, 5.74) is 8.27. The molecule has 8 heteroatoms. The van der Waals surface area contributed by atoms with Gasteiger partial charge in [0.2, 0.25) is 11.9 Å². The normalized spacial score (nSPS) is 11.3. The van der Waals surface area contributed by atoms with Gasteiger partial charge in [0.25, 0.3) is 5.56 Å². The van der Waals surface area contributed by atoms with Gasteiger partial charge in [-0.1, -0.05) is 17.7 Å². The number of hydrogen-bond donors (Lipinski definition) is 3. The van der Waals surface area contributed by atoms with Crippen molar-refractivity contribution >= 4 is 29.4 Å². The van der Waals surface area contributed by atoms with Crippen molar-refractivity contribution in [2.45, 2.75) is 24.5 Å². The molecule has 3 rings (SSSR count). The summed E-state index contributed by atoms with van der Waals surface area (Å²) in [4.78, 5) is 24.2. The van der Waals surface area contributed by atoms with Crippen LogP contribution in [0.15, 0.2) is 69.3 Å². The maximum Gasteiger partial charge on any atom is 0.252 e. The van der Waals surface area contributed by atoms with Crippen LogP contribution >= 0.6 is 11.8 Å². The molecule has 0 radical (unpaired) electrons. The van der Waals surface area contributed by atoms with E-state index in [4.69, 9.17) is 10.5 Å². The SMILES string of the molecule is CCOc1ccc(N/C(N)=N/c2nc(CSc3ccc(C)cc3)cc(=O)[nH]2)cc1. The van der Waals surface area contributed by atoms with Crippen molar-refractivity contribution < 1.29 is 4.74 Å². The van der Waals surface area contributed by atoms with E-state index in [1.807, 2.05) is 50.2 Å². The molecule has 0 spiro atoms. The van der Waals surface area contributed by atoms with Gasteiger partial charge in [0, 0.05) is 22.4 Å². The second-order valence-corrected chi connectivity index (χ2v) is 7.29. The van der Waals surface area contributed by atoms with E-state index in [0.717, 1.165) is 16.3 Å². The molecule has 150 valence electrons. The van der Waals surface area contributed by atoms with Gasteiger partial charge in [-0.25, -0.2) is 4.98 Å². The lowest BCUT2D eigenvalue weighted by molar-refractivity contribution is 0.340. The second-order valence-electron chi connectivity index (χ2n) is 6.24. The van der Waals surface area contributed by atoms with Crippen LogP contribution in [0, 0.1) is 6.92 Å². The summed E-state index contributed by atoms with van der Waals surface area (Å²) in [5, 5.41) is 2.97. The molecular formula is C21H23N5O2S. The van der Waals surface area contributed by atoms with Gasteiger partial charge in [-0.2, -0.15) is 4.99 Å². The Bertz CT molecular complexity index is 1030. The molecule has 0 amide bonds. The number of benzene rings is 2. The molecule has 4 N–H and O–H groups in total. The van der Waals surface area contributed by atoms with Gasteiger partial charge in [-0.05, 0) is 50.2 Å². The Kier molecular flexibility index (Phi) is 6.91. The maximum absolute atomic E-state index is 12.0. The van der Waals surface area contributed by atoms with Gasteiger partial charge in [-0.15, -0.1) is 11.8 Å². The number of nitrogens with two attached hydrogens (primary N) is 1. The van der Waals surface area contributed by atoms with Gasteiger partial charge in [-0.3, -0.25) is 9.78 Å². The molecule has 0 unspecified atom stereocenters. The number of nitrogens with one attached hydrogen (secondary N) is 2. The van der Waals surface area contributed by atoms with Crippen LogP contribution in [0.5, 0.6) is 5.75 Å². The number of aryl methyl sites for hydroxylation is 1. The number of nitrogens with zero attached hydrogens (tertiary/aromatic N) is 2. The summed E-state index contributed by atoms with van der Waals surface area (Å²) in [6.07, 6.45) is 0. The van der Waals surface area contributed by atoms with Crippen LogP contribution in [0.4, 0.5) is 11.6 Å². The minimum atomic E-state index is -0.271. The average molecular weight is 410 g/mol. The molecule has 1 aromatic heterocycles. The Morgan fingerprint density at radius 1 is 1.21 bits per heavy atom. The number of thioether (sulfide) groups is 1. The third-order valence-electron chi connectivity index (χ3n) is 3.85. The van der Waals surface area contributed by atoms with Crippen LogP contribution in [0.1, 0.15) is 18.2 Å². The molecule has 7 nitrogen and oxygen atoms in total. The molecule has 0 saturated carbocycles. The lowest BCUT2D eigenvalue weighted by Gasteiger charge is -2.07. The van der Waals surface area contributed by atoms with E-state index in [-0.39, 0.29) is 17.5 Å². The molecule has 0 aliphatic heterocycles. The fourth-order valence-electron chi connectivity index (χ4n) is 2.50. The van der Waals surface area contributed by atoms with Crippen molar-refractivity contribution in [1.82, 2.24) is 9.97 Å². The minimum Gasteiger partial charge on any atom is -0.494 e. The molecule has 29 heavy (non-hydrogen) atoms. The molecule has 2 aromatic carbocycles. The zero-order valence-corrected chi connectivity index (χ0v) is 17.1. The molecular weight excluding hydrogens is 386 g/mol. The van der Waals surface area contributed by atoms with Gasteiger partial charge >= 0.3 is 0 Å². The highest BCUT2D eigenvalue weighted by atomic mass is 32.2. The monoisotopic (exact) mass is 409 g/mol. The number of ether oxygens (including phenoxy) is 1. The predicted molar refractivity (Wildman–Crippen MR) is 118 cm³/mol. The van der Waals surface area contributed by atoms with E-state index < -0.39 is 0 Å². The van der Waals surface area contributed by atoms with E-state index in [1.54, 1.807) is 11.8 Å². The second kappa shape index (κ2) is 9.79. The number of aromatic amines is 1. The topological polar surface area (TPSA) is 105 Å². The van der Waals surface area contributed by atoms with Gasteiger partial charge in [0.15, 0.2) is 0 Å². The Hall–Kier alpha value is -3.26. The lowest BCUT2D eigenvalue weighted by atomic mass is 10.2. The molecule has 1 heterocycles. The number of H-pyrrole nitrogens is 1. The first-order chi connectivity index (χ1) is 14.0. The first-order valence-corrected chi connectivity index (χ1v) is 10.1. The van der Waals surface area contributed by atoms with Gasteiger partial charge < -0.3 is 15.8 Å². The largest absolute Gasteiger partial charge is 0.494 e. The van der Waals surface area contributed by atoms with Crippen LogP contribution in [-0.2, 0) is 5.75 Å². The zero-order valence-electron chi connectivity index (χ0n) is 16.3. The fourth-order valence-corrected chi connectivity index (χ4v) is 3.29. The molecule has 3 aromatic rings. The molecule has 0 atom stereocenters. The molecule has 0 fully saturated rings. The first kappa shape index (κ1) is 20.5. The summed E-state index contributed by atoms with van der Waals surface area (Å²) >= 11 is 1.60. The van der Waals surface area contributed by atoms with Crippen LogP contribution < -0.4 is 21.3 Å². The predicted octanol–water partition coefficient (Wildman–Crippen LogP) is 3.83. The standard InChI is InChI=1S/C21H23N5O2S/c1-3-28-17-8-6-15(7-9-17)23-20(22)26-21-24-16(12-19(27)25-21)13-29-18-10-4-14(2)5-11-18/h4-12H,3,13H2,1-2H3,(H4,22,23,24,25,26,27). The number of guanidine groups is 1. The van der Waals surface area contributed by atoms with E-state index in [1.165, 1.54) is 11.6 Å². The van der Waals surface area contributed by atoms with E-state index in [2.05, 4.69) is 32.4 Å². The smallest absolute Gasteiger partial charge is 0.252 e. The lowest BCUT2D eigenvalue weighted by Crippen LogP contribution is -2.22. The van der Waals surface area contributed by atoms with Crippen LogP contribution in [0.25, 0.3) is 0 Å². The first-order valence-electron chi connectivity index (χ1n) is 9.15. The highest BCUT2D eigenvalue weighted by molar-refractivity contribution is 7.98. The minimum absolute atomic E-state index is 0.126. The van der Waals surface area contributed by atoms with Crippen molar-refractivity contribution in [1.29, 1.82) is 0 Å². The Morgan fingerprint density at radius 3 is 2.62 bits per heavy atom. The maximum atomic E-state index is 12.0. The number of anilines is 1. The van der Waals surface area contributed by atoms with Crippen molar-refractivity contribution in [2.24, 2.45) is 10.7 Å². The van der Waals surface area contributed by atoms with Crippen LogP contribution in [0.2, 0.25) is 0 Å². The third kappa shape index (κ3) is 6.39. The Balaban J connectivity index is 1.67. The highest BCUT2D eigenvalue weighted by Gasteiger charge is 2.04. The number of aromatic nitrogens is 2. The highest BCUT2D eigenvalue weighted by Crippen LogP contribution is 2.22. The summed E-state index contributed by atoms with van der Waals surface area (Å²) in [6.45, 7) is 4.58. The molecule has 0 aliphatic rings. The molecule has 0 aliphatic carbocycles. The van der Waals surface area contributed by atoms with Crippen LogP contribution in [-0.4, -0.2) is 22.5 Å². The quantitative estimate of drug-likeness (QED) is 0.311. The Morgan fingerprint density at radius 2 is 1.93 bits per heavy atom. The van der Waals surface area contributed by atoms with E-state index in [9.17, 15) is 4.79 Å². The van der Waals surface area contributed by atoms with E-state index >= 15 is 0 Å². The van der Waals surface area contributed by atoms with Gasteiger partial charge in [0.1, 0.15) is 5.75 Å². The fraction of sp³-hybridized carbons (Fsp3) is 0.190. The third-order valence-corrected chi connectivity index (χ3v) is 4.90. The number of aliphatic imine (C=N–C) groups is 1. The summed E-state index contributed by atoms with van der Waals surface area (Å²) in [7, 11) is 0. The summed E-state index contributed by atoms with van der Waals surface area (Å²) < 4.78 is 5.41. The van der Waals surface area contributed by atoms with E-state index in [0.29, 0.717) is 18.1 Å². The number of rotatable bonds is 7. The summed E-state index contributed by atoms with van der Waals surface area (Å²) in [6, 6.07) is 17.0. The van der Waals surface area contributed by atoms with Crippen molar-refractivity contribution in [3.63, 3.8) is 0 Å². The van der Waals surface area contributed by atoms with Crippen molar-refractivity contribution in [3.05, 3.63) is 76.2 Å². The number of hydrogen-bond acceptors (Lipinski definition) is 5. The molecule has 0 saturated heterocycles. The van der Waals surface area contributed by atoms with Crippen molar-refractivity contribution in [2.75, 3.05) is 11.9 Å². The molecule has 0 bridgehead atoms. The van der Waals surface area contributed by atoms with Gasteiger partial charge in [0.05, 0.1) is 12.3 Å².